The Labute approximate surface area is 128 Å². The number of rotatable bonds is 3. The van der Waals surface area contributed by atoms with Gasteiger partial charge in [0.1, 0.15) is 4.90 Å². The fourth-order valence-corrected chi connectivity index (χ4v) is 4.45. The summed E-state index contributed by atoms with van der Waals surface area (Å²) in [6.07, 6.45) is 1.39. The molecule has 0 saturated carbocycles. The largest absolute Gasteiger partial charge is 0.396 e. The second kappa shape index (κ2) is 5.72. The summed E-state index contributed by atoms with van der Waals surface area (Å²) in [6, 6.07) is 2.27. The zero-order valence-corrected chi connectivity index (χ0v) is 13.5. The molecule has 0 aromatic heterocycles. The van der Waals surface area contributed by atoms with Crippen LogP contribution < -0.4 is 5.73 Å². The number of hydrogen-bond acceptors (Lipinski definition) is 4. The molecule has 1 unspecified atom stereocenters. The molecule has 21 heavy (non-hydrogen) atoms. The van der Waals surface area contributed by atoms with Crippen LogP contribution in [0.25, 0.3) is 0 Å². The van der Waals surface area contributed by atoms with E-state index in [9.17, 15) is 12.8 Å². The molecule has 2 N–H and O–H groups in total. The van der Waals surface area contributed by atoms with Gasteiger partial charge in [-0.05, 0) is 31.9 Å². The molecule has 0 radical (unpaired) electrons. The molecule has 8 heteroatoms. The number of nitrogens with two attached hydrogens (primary N) is 1. The van der Waals surface area contributed by atoms with Crippen LogP contribution >= 0.6 is 11.6 Å². The molecular formula is C13H18ClFN2O3S. The predicted octanol–water partition coefficient (Wildman–Crippen LogP) is 2.25. The van der Waals surface area contributed by atoms with Crippen molar-refractivity contribution in [3.05, 3.63) is 23.0 Å². The van der Waals surface area contributed by atoms with E-state index in [0.717, 1.165) is 12.5 Å². The van der Waals surface area contributed by atoms with E-state index in [1.807, 2.05) is 6.92 Å². The molecule has 0 bridgehead atoms. The summed E-state index contributed by atoms with van der Waals surface area (Å²) in [6.45, 7) is 2.31. The van der Waals surface area contributed by atoms with Gasteiger partial charge in [-0.2, -0.15) is 4.31 Å². The van der Waals surface area contributed by atoms with Crippen LogP contribution in [0, 0.1) is 5.82 Å². The fraction of sp³-hybridized carbons (Fsp3) is 0.538. The average molecular weight is 337 g/mol. The van der Waals surface area contributed by atoms with E-state index in [-0.39, 0.29) is 17.3 Å². The number of ether oxygens (including phenoxy) is 1. The maximum Gasteiger partial charge on any atom is 0.246 e. The van der Waals surface area contributed by atoms with Gasteiger partial charge in [-0.3, -0.25) is 0 Å². The number of sulfonamides is 1. The lowest BCUT2D eigenvalue weighted by Crippen LogP contribution is -2.49. The SMILES string of the molecule is COC1(C)CCCN(S(=O)(=O)c2cc(Cl)cc(N)c2F)C1. The van der Waals surface area contributed by atoms with Gasteiger partial charge in [0.05, 0.1) is 11.3 Å². The van der Waals surface area contributed by atoms with E-state index in [2.05, 4.69) is 0 Å². The summed E-state index contributed by atoms with van der Waals surface area (Å²) in [5.74, 6) is -0.968. The summed E-state index contributed by atoms with van der Waals surface area (Å²) >= 11 is 5.80. The van der Waals surface area contributed by atoms with Crippen molar-refractivity contribution >= 4 is 27.3 Å². The van der Waals surface area contributed by atoms with Gasteiger partial charge in [0, 0.05) is 25.2 Å². The van der Waals surface area contributed by atoms with Crippen LogP contribution in [-0.4, -0.2) is 38.5 Å². The fourth-order valence-electron chi connectivity index (χ4n) is 2.44. The highest BCUT2D eigenvalue weighted by Crippen LogP contribution is 2.32. The van der Waals surface area contributed by atoms with E-state index in [4.69, 9.17) is 22.1 Å². The van der Waals surface area contributed by atoms with Crippen LogP contribution in [0.15, 0.2) is 17.0 Å². The summed E-state index contributed by atoms with van der Waals surface area (Å²) in [4.78, 5) is -0.493. The lowest BCUT2D eigenvalue weighted by molar-refractivity contribution is -0.0319. The van der Waals surface area contributed by atoms with Crippen LogP contribution in [0.4, 0.5) is 10.1 Å². The molecule has 2 rings (SSSR count). The minimum atomic E-state index is -4.00. The topological polar surface area (TPSA) is 72.6 Å². The maximum atomic E-state index is 14.1. The first kappa shape index (κ1) is 16.5. The summed E-state index contributed by atoms with van der Waals surface area (Å²) < 4.78 is 45.9. The van der Waals surface area contributed by atoms with Crippen molar-refractivity contribution in [2.75, 3.05) is 25.9 Å². The second-order valence-electron chi connectivity index (χ2n) is 5.40. The number of benzene rings is 1. The first-order valence-corrected chi connectivity index (χ1v) is 8.31. The summed E-state index contributed by atoms with van der Waals surface area (Å²) in [5.41, 5.74) is 4.60. The van der Waals surface area contributed by atoms with Gasteiger partial charge in [0.2, 0.25) is 10.0 Å². The first-order chi connectivity index (χ1) is 9.69. The van der Waals surface area contributed by atoms with Crippen molar-refractivity contribution in [2.24, 2.45) is 0 Å². The van der Waals surface area contributed by atoms with E-state index in [1.54, 1.807) is 0 Å². The molecule has 5 nitrogen and oxygen atoms in total. The van der Waals surface area contributed by atoms with Gasteiger partial charge in [-0.15, -0.1) is 0 Å². The number of halogens is 2. The highest BCUT2D eigenvalue weighted by molar-refractivity contribution is 7.89. The molecule has 1 aromatic rings. The molecule has 0 aliphatic carbocycles. The molecule has 1 heterocycles. The Balaban J connectivity index is 2.43. The normalized spacial score (nSPS) is 24.2. The van der Waals surface area contributed by atoms with Crippen molar-refractivity contribution in [3.63, 3.8) is 0 Å². The molecule has 1 aliphatic heterocycles. The molecule has 1 aliphatic rings. The number of hydrogen-bond donors (Lipinski definition) is 1. The average Bonchev–Trinajstić information content (AvgIpc) is 2.42. The van der Waals surface area contributed by atoms with Gasteiger partial charge >= 0.3 is 0 Å². The van der Waals surface area contributed by atoms with Crippen LogP contribution in [-0.2, 0) is 14.8 Å². The van der Waals surface area contributed by atoms with Gasteiger partial charge in [0.15, 0.2) is 5.82 Å². The lowest BCUT2D eigenvalue weighted by Gasteiger charge is -2.38. The predicted molar refractivity (Wildman–Crippen MR) is 79.2 cm³/mol. The Morgan fingerprint density at radius 2 is 2.14 bits per heavy atom. The van der Waals surface area contributed by atoms with Crippen molar-refractivity contribution in [1.82, 2.24) is 4.31 Å². The Hall–Kier alpha value is -0.890. The van der Waals surface area contributed by atoms with E-state index in [0.29, 0.717) is 13.0 Å². The van der Waals surface area contributed by atoms with Crippen LogP contribution in [0.1, 0.15) is 19.8 Å². The van der Waals surface area contributed by atoms with Gasteiger partial charge in [-0.25, -0.2) is 12.8 Å². The van der Waals surface area contributed by atoms with Crippen molar-refractivity contribution in [2.45, 2.75) is 30.3 Å². The molecule has 0 amide bonds. The van der Waals surface area contributed by atoms with E-state index < -0.39 is 26.3 Å². The zero-order chi connectivity index (χ0) is 15.8. The molecular weight excluding hydrogens is 319 g/mol. The third kappa shape index (κ3) is 3.15. The van der Waals surface area contributed by atoms with E-state index >= 15 is 0 Å². The lowest BCUT2D eigenvalue weighted by atomic mass is 9.96. The van der Waals surface area contributed by atoms with Crippen molar-refractivity contribution < 1.29 is 17.5 Å². The summed E-state index contributed by atoms with van der Waals surface area (Å²) in [7, 11) is -2.47. The molecule has 1 saturated heterocycles. The Kier molecular flexibility index (Phi) is 4.49. The maximum absolute atomic E-state index is 14.1. The molecule has 0 spiro atoms. The number of piperidine rings is 1. The van der Waals surface area contributed by atoms with E-state index in [1.165, 1.54) is 17.5 Å². The minimum Gasteiger partial charge on any atom is -0.396 e. The van der Waals surface area contributed by atoms with Crippen LogP contribution in [0.3, 0.4) is 0 Å². The minimum absolute atomic E-state index is 0.0824. The number of methoxy groups -OCH3 is 1. The number of nitrogen functional groups attached to an aromatic ring is 1. The number of nitrogens with zero attached hydrogens (tertiary/aromatic N) is 1. The smallest absolute Gasteiger partial charge is 0.246 e. The molecule has 1 fully saturated rings. The Morgan fingerprint density at radius 3 is 2.76 bits per heavy atom. The highest BCUT2D eigenvalue weighted by atomic mass is 35.5. The first-order valence-electron chi connectivity index (χ1n) is 6.49. The monoisotopic (exact) mass is 336 g/mol. The van der Waals surface area contributed by atoms with Crippen molar-refractivity contribution in [3.8, 4) is 0 Å². The number of anilines is 1. The third-order valence-electron chi connectivity index (χ3n) is 3.77. The van der Waals surface area contributed by atoms with Gasteiger partial charge in [0.25, 0.3) is 0 Å². The van der Waals surface area contributed by atoms with Crippen LogP contribution in [0.5, 0.6) is 0 Å². The second-order valence-corrected chi connectivity index (χ2v) is 7.75. The Morgan fingerprint density at radius 1 is 1.48 bits per heavy atom. The quantitative estimate of drug-likeness (QED) is 0.859. The standard InChI is InChI=1S/C13H18ClFN2O3S/c1-13(20-2)4-3-5-17(8-13)21(18,19)11-7-9(14)6-10(16)12(11)15/h6-7H,3-5,8,16H2,1-2H3. The zero-order valence-electron chi connectivity index (χ0n) is 11.9. The van der Waals surface area contributed by atoms with Crippen molar-refractivity contribution in [1.29, 1.82) is 0 Å². The molecule has 118 valence electrons. The third-order valence-corrected chi connectivity index (χ3v) is 5.83. The van der Waals surface area contributed by atoms with Crippen LogP contribution in [0.2, 0.25) is 5.02 Å². The molecule has 1 aromatic carbocycles. The van der Waals surface area contributed by atoms with Gasteiger partial charge < -0.3 is 10.5 Å². The highest BCUT2D eigenvalue weighted by Gasteiger charge is 2.38. The summed E-state index contributed by atoms with van der Waals surface area (Å²) in [5, 5.41) is 0.0824. The molecule has 1 atom stereocenters. The Bertz CT molecular complexity index is 653. The van der Waals surface area contributed by atoms with Gasteiger partial charge in [-0.1, -0.05) is 11.6 Å².